The third-order valence-electron chi connectivity index (χ3n) is 4.21. The quantitative estimate of drug-likeness (QED) is 0.522. The normalized spacial score (nSPS) is 10.9. The summed E-state index contributed by atoms with van der Waals surface area (Å²) in [5, 5.41) is 3.43. The predicted octanol–water partition coefficient (Wildman–Crippen LogP) is 4.43. The van der Waals surface area contributed by atoms with Gasteiger partial charge >= 0.3 is 0 Å². The van der Waals surface area contributed by atoms with Crippen molar-refractivity contribution < 1.29 is 4.74 Å². The van der Waals surface area contributed by atoms with Gasteiger partial charge in [-0.3, -0.25) is 0 Å². The van der Waals surface area contributed by atoms with Crippen LogP contribution in [0, 0.1) is 0 Å². The average Bonchev–Trinajstić information content (AvgIpc) is 3.10. The Kier molecular flexibility index (Phi) is 4.94. The summed E-state index contributed by atoms with van der Waals surface area (Å²) in [5.41, 5.74) is 4.42. The summed E-state index contributed by atoms with van der Waals surface area (Å²) in [5.74, 6) is 1.83. The molecule has 0 saturated carbocycles. The van der Waals surface area contributed by atoms with Gasteiger partial charge in [-0.2, -0.15) is 0 Å². The number of rotatable bonds is 7. The summed E-state index contributed by atoms with van der Waals surface area (Å²) in [6.07, 6.45) is 0. The van der Waals surface area contributed by atoms with Crippen molar-refractivity contribution in [2.75, 3.05) is 0 Å². The van der Waals surface area contributed by atoms with Gasteiger partial charge in [0.2, 0.25) is 0 Å². The third-order valence-corrected chi connectivity index (χ3v) is 4.21. The molecule has 0 aliphatic heterocycles. The number of aromatic amines is 1. The fraction of sp³-hybridized carbons (Fsp3) is 0.136. The van der Waals surface area contributed by atoms with E-state index in [1.165, 1.54) is 11.1 Å². The molecule has 0 radical (unpaired) electrons. The average molecular weight is 343 g/mol. The number of ether oxygens (including phenoxy) is 1. The lowest BCUT2D eigenvalue weighted by Crippen LogP contribution is -2.13. The molecule has 0 aliphatic rings. The van der Waals surface area contributed by atoms with E-state index in [0.29, 0.717) is 13.2 Å². The third kappa shape index (κ3) is 4.10. The highest BCUT2D eigenvalue weighted by atomic mass is 16.5. The molecule has 0 unspecified atom stereocenters. The van der Waals surface area contributed by atoms with Crippen LogP contribution in [0.5, 0.6) is 5.75 Å². The number of fused-ring (bicyclic) bond motifs is 1. The molecule has 0 saturated heterocycles. The maximum absolute atomic E-state index is 5.89. The van der Waals surface area contributed by atoms with Gasteiger partial charge in [0, 0.05) is 6.54 Å². The molecule has 0 atom stereocenters. The van der Waals surface area contributed by atoms with Crippen LogP contribution in [0.25, 0.3) is 11.0 Å². The largest absolute Gasteiger partial charge is 0.489 e. The Hall–Kier alpha value is -3.11. The zero-order valence-electron chi connectivity index (χ0n) is 14.5. The summed E-state index contributed by atoms with van der Waals surface area (Å²) in [6, 6.07) is 26.5. The Bertz CT molecular complexity index is 946. The van der Waals surface area contributed by atoms with Gasteiger partial charge in [-0.15, -0.1) is 0 Å². The molecule has 4 rings (SSSR count). The summed E-state index contributed by atoms with van der Waals surface area (Å²) in [7, 11) is 0. The van der Waals surface area contributed by atoms with Crippen LogP contribution < -0.4 is 10.1 Å². The van der Waals surface area contributed by atoms with E-state index in [0.717, 1.165) is 29.2 Å². The first-order chi connectivity index (χ1) is 12.9. The number of hydrogen-bond donors (Lipinski definition) is 2. The standard InChI is InChI=1S/C22H21N3O/c1-2-7-17(8-3-1)16-26-19-10-6-9-18(13-19)14-23-15-22-24-20-11-4-5-12-21(20)25-22/h1-13,23H,14-16H2,(H,24,25). The minimum absolute atomic E-state index is 0.580. The van der Waals surface area contributed by atoms with Crippen LogP contribution in [0.15, 0.2) is 78.9 Å². The Balaban J connectivity index is 1.32. The first kappa shape index (κ1) is 16.4. The lowest BCUT2D eigenvalue weighted by Gasteiger charge is -2.09. The van der Waals surface area contributed by atoms with Gasteiger partial charge in [0.05, 0.1) is 17.6 Å². The maximum atomic E-state index is 5.89. The van der Waals surface area contributed by atoms with Crippen molar-refractivity contribution >= 4 is 11.0 Å². The van der Waals surface area contributed by atoms with Crippen LogP contribution in [-0.2, 0) is 19.7 Å². The van der Waals surface area contributed by atoms with Crippen molar-refractivity contribution in [2.24, 2.45) is 0 Å². The second-order valence-electron chi connectivity index (χ2n) is 6.23. The molecule has 0 spiro atoms. The number of para-hydroxylation sites is 2. The number of nitrogens with one attached hydrogen (secondary N) is 2. The van der Waals surface area contributed by atoms with Crippen LogP contribution >= 0.6 is 0 Å². The number of benzene rings is 3. The van der Waals surface area contributed by atoms with Crippen molar-refractivity contribution in [3.8, 4) is 5.75 Å². The molecule has 4 nitrogen and oxygen atoms in total. The summed E-state index contributed by atoms with van der Waals surface area (Å²) in [6.45, 7) is 2.04. The summed E-state index contributed by atoms with van der Waals surface area (Å²) < 4.78 is 5.89. The van der Waals surface area contributed by atoms with Crippen molar-refractivity contribution in [3.63, 3.8) is 0 Å². The van der Waals surface area contributed by atoms with Crippen LogP contribution in [0.3, 0.4) is 0 Å². The zero-order valence-corrected chi connectivity index (χ0v) is 14.5. The maximum Gasteiger partial charge on any atom is 0.121 e. The van der Waals surface area contributed by atoms with Crippen molar-refractivity contribution in [3.05, 3.63) is 95.8 Å². The van der Waals surface area contributed by atoms with E-state index < -0.39 is 0 Å². The summed E-state index contributed by atoms with van der Waals surface area (Å²) in [4.78, 5) is 7.92. The number of nitrogens with zero attached hydrogens (tertiary/aromatic N) is 1. The first-order valence-corrected chi connectivity index (χ1v) is 8.77. The smallest absolute Gasteiger partial charge is 0.121 e. The molecule has 1 aromatic heterocycles. The Labute approximate surface area is 152 Å². The molecule has 0 aliphatic carbocycles. The summed E-state index contributed by atoms with van der Waals surface area (Å²) >= 11 is 0. The molecular formula is C22H21N3O. The molecule has 26 heavy (non-hydrogen) atoms. The fourth-order valence-corrected chi connectivity index (χ4v) is 2.90. The molecule has 4 aromatic rings. The molecule has 0 bridgehead atoms. The van der Waals surface area contributed by atoms with Crippen molar-refractivity contribution in [2.45, 2.75) is 19.7 Å². The van der Waals surface area contributed by atoms with Gasteiger partial charge in [-0.25, -0.2) is 4.98 Å². The van der Waals surface area contributed by atoms with Gasteiger partial charge in [-0.1, -0.05) is 54.6 Å². The van der Waals surface area contributed by atoms with Crippen LogP contribution in [0.1, 0.15) is 17.0 Å². The highest BCUT2D eigenvalue weighted by molar-refractivity contribution is 5.74. The molecule has 0 fully saturated rings. The highest BCUT2D eigenvalue weighted by Gasteiger charge is 2.02. The Morgan fingerprint density at radius 1 is 0.808 bits per heavy atom. The lowest BCUT2D eigenvalue weighted by molar-refractivity contribution is 0.306. The minimum atomic E-state index is 0.580. The molecule has 3 aromatic carbocycles. The molecule has 1 heterocycles. The van der Waals surface area contributed by atoms with E-state index in [1.54, 1.807) is 0 Å². The molecular weight excluding hydrogens is 322 g/mol. The van der Waals surface area contributed by atoms with Gasteiger partial charge < -0.3 is 15.0 Å². The predicted molar refractivity (Wildman–Crippen MR) is 104 cm³/mol. The lowest BCUT2D eigenvalue weighted by atomic mass is 10.2. The number of imidazole rings is 1. The number of aromatic nitrogens is 2. The van der Waals surface area contributed by atoms with Gasteiger partial charge in [0.1, 0.15) is 18.2 Å². The van der Waals surface area contributed by atoms with E-state index >= 15 is 0 Å². The monoisotopic (exact) mass is 343 g/mol. The van der Waals surface area contributed by atoms with Crippen LogP contribution in [0.4, 0.5) is 0 Å². The molecule has 0 amide bonds. The Morgan fingerprint density at radius 2 is 1.62 bits per heavy atom. The SMILES string of the molecule is c1ccc(COc2cccc(CNCc3nc4ccccc4[nH]3)c2)cc1. The van der Waals surface area contributed by atoms with Crippen molar-refractivity contribution in [1.29, 1.82) is 0 Å². The first-order valence-electron chi connectivity index (χ1n) is 8.77. The number of H-pyrrole nitrogens is 1. The minimum Gasteiger partial charge on any atom is -0.489 e. The van der Waals surface area contributed by atoms with E-state index in [-0.39, 0.29) is 0 Å². The number of hydrogen-bond acceptors (Lipinski definition) is 3. The van der Waals surface area contributed by atoms with E-state index in [1.807, 2.05) is 54.6 Å². The highest BCUT2D eigenvalue weighted by Crippen LogP contribution is 2.15. The Morgan fingerprint density at radius 3 is 2.50 bits per heavy atom. The van der Waals surface area contributed by atoms with Crippen molar-refractivity contribution in [1.82, 2.24) is 15.3 Å². The zero-order chi connectivity index (χ0) is 17.6. The van der Waals surface area contributed by atoms with E-state index in [4.69, 9.17) is 4.74 Å². The van der Waals surface area contributed by atoms with Gasteiger partial charge in [-0.05, 0) is 35.4 Å². The molecule has 4 heteroatoms. The second-order valence-corrected chi connectivity index (χ2v) is 6.23. The molecule has 130 valence electrons. The van der Waals surface area contributed by atoms with Crippen LogP contribution in [-0.4, -0.2) is 9.97 Å². The van der Waals surface area contributed by atoms with E-state index in [9.17, 15) is 0 Å². The van der Waals surface area contributed by atoms with Gasteiger partial charge in [0.25, 0.3) is 0 Å². The molecule has 2 N–H and O–H groups in total. The topological polar surface area (TPSA) is 49.9 Å². The second kappa shape index (κ2) is 7.85. The fourth-order valence-electron chi connectivity index (χ4n) is 2.90. The van der Waals surface area contributed by atoms with E-state index in [2.05, 4.69) is 39.6 Å². The van der Waals surface area contributed by atoms with Gasteiger partial charge in [0.15, 0.2) is 0 Å². The van der Waals surface area contributed by atoms with Crippen LogP contribution in [0.2, 0.25) is 0 Å².